The molecular formula is C8H8BrClN2O2. The Labute approximate surface area is 94.5 Å². The van der Waals surface area contributed by atoms with Crippen LogP contribution in [0.1, 0.15) is 11.7 Å². The number of esters is 1. The molecule has 4 nitrogen and oxygen atoms in total. The van der Waals surface area contributed by atoms with Gasteiger partial charge in [0, 0.05) is 0 Å². The summed E-state index contributed by atoms with van der Waals surface area (Å²) in [4.78, 5) is 15.1. The number of hydrogen-bond acceptors (Lipinski definition) is 4. The molecule has 1 heterocycles. The Morgan fingerprint density at radius 3 is 2.93 bits per heavy atom. The SMILES string of the molecule is COC(=O)C(N)c1nc(Br)ccc1Cl. The van der Waals surface area contributed by atoms with E-state index in [0.29, 0.717) is 15.3 Å². The zero-order valence-electron chi connectivity index (χ0n) is 7.33. The molecule has 0 aromatic carbocycles. The lowest BCUT2D eigenvalue weighted by atomic mass is 10.2. The molecule has 0 bridgehead atoms. The number of hydrogen-bond donors (Lipinski definition) is 1. The Kier molecular flexibility index (Phi) is 3.86. The third-order valence-corrected chi connectivity index (χ3v) is 2.35. The normalized spacial score (nSPS) is 12.3. The number of carbonyl (C=O) groups excluding carboxylic acids is 1. The highest BCUT2D eigenvalue weighted by Crippen LogP contribution is 2.22. The fourth-order valence-electron chi connectivity index (χ4n) is 0.890. The Morgan fingerprint density at radius 1 is 1.71 bits per heavy atom. The molecule has 0 amide bonds. The van der Waals surface area contributed by atoms with E-state index in [-0.39, 0.29) is 0 Å². The predicted octanol–water partition coefficient (Wildman–Crippen LogP) is 1.67. The zero-order valence-corrected chi connectivity index (χ0v) is 9.67. The van der Waals surface area contributed by atoms with Gasteiger partial charge in [0.25, 0.3) is 0 Å². The second-order valence-electron chi connectivity index (χ2n) is 2.50. The van der Waals surface area contributed by atoms with Crippen LogP contribution in [0.3, 0.4) is 0 Å². The molecule has 76 valence electrons. The molecule has 1 rings (SSSR count). The van der Waals surface area contributed by atoms with E-state index in [1.807, 2.05) is 0 Å². The Bertz CT molecular complexity index is 359. The van der Waals surface area contributed by atoms with Crippen molar-refractivity contribution in [3.8, 4) is 0 Å². The van der Waals surface area contributed by atoms with Crippen molar-refractivity contribution in [1.82, 2.24) is 4.98 Å². The van der Waals surface area contributed by atoms with Crippen LogP contribution in [0.15, 0.2) is 16.7 Å². The molecule has 0 aliphatic heterocycles. The standard InChI is InChI=1S/C8H8BrClN2O2/c1-14-8(13)6(11)7-4(10)2-3-5(9)12-7/h2-3,6H,11H2,1H3. The monoisotopic (exact) mass is 278 g/mol. The van der Waals surface area contributed by atoms with Crippen molar-refractivity contribution in [2.45, 2.75) is 6.04 Å². The van der Waals surface area contributed by atoms with Gasteiger partial charge in [0.05, 0.1) is 17.8 Å². The maximum atomic E-state index is 11.1. The van der Waals surface area contributed by atoms with Crippen molar-refractivity contribution < 1.29 is 9.53 Å². The van der Waals surface area contributed by atoms with Crippen LogP contribution in [0.5, 0.6) is 0 Å². The van der Waals surface area contributed by atoms with Gasteiger partial charge in [-0.05, 0) is 28.1 Å². The van der Waals surface area contributed by atoms with Gasteiger partial charge in [0.2, 0.25) is 0 Å². The van der Waals surface area contributed by atoms with Crippen LogP contribution in [0.25, 0.3) is 0 Å². The van der Waals surface area contributed by atoms with Crippen LogP contribution < -0.4 is 5.73 Å². The molecule has 0 aliphatic carbocycles. The van der Waals surface area contributed by atoms with E-state index in [4.69, 9.17) is 17.3 Å². The first-order chi connectivity index (χ1) is 6.56. The van der Waals surface area contributed by atoms with Crippen molar-refractivity contribution in [2.75, 3.05) is 7.11 Å². The molecule has 1 aromatic heterocycles. The van der Waals surface area contributed by atoms with Crippen LogP contribution in [0.4, 0.5) is 0 Å². The van der Waals surface area contributed by atoms with Gasteiger partial charge in [0.1, 0.15) is 10.6 Å². The molecule has 14 heavy (non-hydrogen) atoms. The molecule has 2 N–H and O–H groups in total. The zero-order chi connectivity index (χ0) is 10.7. The second-order valence-corrected chi connectivity index (χ2v) is 3.72. The number of carbonyl (C=O) groups is 1. The minimum absolute atomic E-state index is 0.299. The summed E-state index contributed by atoms with van der Waals surface area (Å²) in [6.45, 7) is 0. The Morgan fingerprint density at radius 2 is 2.36 bits per heavy atom. The van der Waals surface area contributed by atoms with Crippen molar-refractivity contribution >= 4 is 33.5 Å². The van der Waals surface area contributed by atoms with E-state index in [1.54, 1.807) is 12.1 Å². The summed E-state index contributed by atoms with van der Waals surface area (Å²) in [5.74, 6) is -0.572. The summed E-state index contributed by atoms with van der Waals surface area (Å²) < 4.78 is 5.05. The van der Waals surface area contributed by atoms with Gasteiger partial charge < -0.3 is 10.5 Å². The van der Waals surface area contributed by atoms with Crippen LogP contribution >= 0.6 is 27.5 Å². The highest BCUT2D eigenvalue weighted by molar-refractivity contribution is 9.10. The number of nitrogens with two attached hydrogens (primary N) is 1. The van der Waals surface area contributed by atoms with Crippen molar-refractivity contribution in [3.63, 3.8) is 0 Å². The number of halogens is 2. The number of ether oxygens (including phenoxy) is 1. The number of rotatable bonds is 2. The summed E-state index contributed by atoms with van der Waals surface area (Å²) in [6, 6.07) is 2.32. The smallest absolute Gasteiger partial charge is 0.328 e. The van der Waals surface area contributed by atoms with Crippen LogP contribution in [0, 0.1) is 0 Å². The fourth-order valence-corrected chi connectivity index (χ4v) is 1.44. The van der Waals surface area contributed by atoms with Crippen molar-refractivity contribution in [3.05, 3.63) is 27.5 Å². The highest BCUT2D eigenvalue weighted by Gasteiger charge is 2.20. The number of pyridine rings is 1. The third-order valence-electron chi connectivity index (χ3n) is 1.59. The molecule has 6 heteroatoms. The highest BCUT2D eigenvalue weighted by atomic mass is 79.9. The Hall–Kier alpha value is -0.650. The summed E-state index contributed by atoms with van der Waals surface area (Å²) in [7, 11) is 1.26. The largest absolute Gasteiger partial charge is 0.468 e. The first kappa shape index (κ1) is 11.4. The van der Waals surface area contributed by atoms with Gasteiger partial charge in [0.15, 0.2) is 0 Å². The first-order valence-corrected chi connectivity index (χ1v) is 4.88. The van der Waals surface area contributed by atoms with Gasteiger partial charge in [-0.2, -0.15) is 0 Å². The lowest BCUT2D eigenvalue weighted by Crippen LogP contribution is -2.24. The van der Waals surface area contributed by atoms with E-state index in [9.17, 15) is 4.79 Å². The first-order valence-electron chi connectivity index (χ1n) is 3.71. The summed E-state index contributed by atoms with van der Waals surface area (Å²) in [6.07, 6.45) is 0. The van der Waals surface area contributed by atoms with Gasteiger partial charge in [-0.25, -0.2) is 9.78 Å². The molecule has 0 spiro atoms. The van der Waals surface area contributed by atoms with Gasteiger partial charge in [-0.1, -0.05) is 11.6 Å². The Balaban J connectivity index is 3.05. The average Bonchev–Trinajstić information content (AvgIpc) is 2.19. The van der Waals surface area contributed by atoms with E-state index in [1.165, 1.54) is 7.11 Å². The van der Waals surface area contributed by atoms with E-state index in [0.717, 1.165) is 0 Å². The summed E-state index contributed by atoms with van der Waals surface area (Å²) in [5, 5.41) is 0.339. The molecule has 0 saturated heterocycles. The van der Waals surface area contributed by atoms with Crippen LogP contribution in [-0.4, -0.2) is 18.1 Å². The molecule has 0 aliphatic rings. The van der Waals surface area contributed by atoms with Gasteiger partial charge in [-0.15, -0.1) is 0 Å². The maximum absolute atomic E-state index is 11.1. The van der Waals surface area contributed by atoms with Crippen LogP contribution in [0.2, 0.25) is 5.02 Å². The van der Waals surface area contributed by atoms with Crippen LogP contribution in [-0.2, 0) is 9.53 Å². The predicted molar refractivity (Wildman–Crippen MR) is 55.9 cm³/mol. The quantitative estimate of drug-likeness (QED) is 0.660. The third kappa shape index (κ3) is 2.43. The topological polar surface area (TPSA) is 65.2 Å². The van der Waals surface area contributed by atoms with E-state index < -0.39 is 12.0 Å². The van der Waals surface area contributed by atoms with E-state index >= 15 is 0 Å². The maximum Gasteiger partial charge on any atom is 0.328 e. The van der Waals surface area contributed by atoms with E-state index in [2.05, 4.69) is 25.7 Å². The number of nitrogens with zero attached hydrogens (tertiary/aromatic N) is 1. The molecular weight excluding hydrogens is 271 g/mol. The molecule has 1 atom stereocenters. The molecule has 0 fully saturated rings. The molecule has 1 aromatic rings. The average molecular weight is 280 g/mol. The lowest BCUT2D eigenvalue weighted by Gasteiger charge is -2.10. The minimum Gasteiger partial charge on any atom is -0.468 e. The summed E-state index contributed by atoms with van der Waals surface area (Å²) >= 11 is 8.98. The fraction of sp³-hybridized carbons (Fsp3) is 0.250. The van der Waals surface area contributed by atoms with Crippen molar-refractivity contribution in [1.29, 1.82) is 0 Å². The van der Waals surface area contributed by atoms with Crippen molar-refractivity contribution in [2.24, 2.45) is 5.73 Å². The van der Waals surface area contributed by atoms with Gasteiger partial charge in [-0.3, -0.25) is 0 Å². The van der Waals surface area contributed by atoms with Gasteiger partial charge >= 0.3 is 5.97 Å². The molecule has 1 unspecified atom stereocenters. The molecule has 0 radical (unpaired) electrons. The summed E-state index contributed by atoms with van der Waals surface area (Å²) in [5.41, 5.74) is 5.88. The number of methoxy groups -OCH3 is 1. The molecule has 0 saturated carbocycles. The second kappa shape index (κ2) is 4.72. The lowest BCUT2D eigenvalue weighted by molar-refractivity contribution is -0.142. The number of aromatic nitrogens is 1. The minimum atomic E-state index is -0.954.